The van der Waals surface area contributed by atoms with Crippen LogP contribution < -0.4 is 5.32 Å². The smallest absolute Gasteiger partial charge is 0.128 e. The molecule has 0 saturated heterocycles. The van der Waals surface area contributed by atoms with Crippen LogP contribution in [0.3, 0.4) is 0 Å². The molecule has 1 unspecified atom stereocenters. The molecule has 112 valence electrons. The maximum atomic E-state index is 14.2. The minimum Gasteiger partial charge on any atom is -0.310 e. The van der Waals surface area contributed by atoms with E-state index in [0.717, 1.165) is 29.4 Å². The van der Waals surface area contributed by atoms with Crippen molar-refractivity contribution in [3.63, 3.8) is 0 Å². The summed E-state index contributed by atoms with van der Waals surface area (Å²) >= 11 is 3.44. The van der Waals surface area contributed by atoms with Crippen LogP contribution in [0.25, 0.3) is 0 Å². The van der Waals surface area contributed by atoms with E-state index < -0.39 is 0 Å². The van der Waals surface area contributed by atoms with Crippen LogP contribution in [-0.2, 0) is 6.42 Å². The maximum Gasteiger partial charge on any atom is 0.128 e. The SMILES string of the molecule is CCCNC(Cc1ccccc1C)c1cc(Br)ccc1F. The van der Waals surface area contributed by atoms with Crippen LogP contribution in [-0.4, -0.2) is 6.54 Å². The van der Waals surface area contributed by atoms with Gasteiger partial charge in [0, 0.05) is 16.1 Å². The number of nitrogens with one attached hydrogen (secondary N) is 1. The Morgan fingerprint density at radius 2 is 1.95 bits per heavy atom. The Hall–Kier alpha value is -1.19. The highest BCUT2D eigenvalue weighted by Gasteiger charge is 2.17. The number of hydrogen-bond donors (Lipinski definition) is 1. The Balaban J connectivity index is 2.30. The van der Waals surface area contributed by atoms with Crippen LogP contribution in [0, 0.1) is 12.7 Å². The van der Waals surface area contributed by atoms with Crippen molar-refractivity contribution in [1.29, 1.82) is 0 Å². The lowest BCUT2D eigenvalue weighted by Crippen LogP contribution is -2.25. The summed E-state index contributed by atoms with van der Waals surface area (Å²) in [5.41, 5.74) is 3.22. The van der Waals surface area contributed by atoms with E-state index >= 15 is 0 Å². The molecule has 21 heavy (non-hydrogen) atoms. The van der Waals surface area contributed by atoms with Gasteiger partial charge in [-0.3, -0.25) is 0 Å². The molecule has 2 rings (SSSR count). The molecule has 1 N–H and O–H groups in total. The first-order chi connectivity index (χ1) is 10.1. The van der Waals surface area contributed by atoms with E-state index in [-0.39, 0.29) is 11.9 Å². The predicted molar refractivity (Wildman–Crippen MR) is 90.0 cm³/mol. The van der Waals surface area contributed by atoms with Gasteiger partial charge in [-0.25, -0.2) is 4.39 Å². The van der Waals surface area contributed by atoms with Gasteiger partial charge < -0.3 is 5.32 Å². The zero-order valence-electron chi connectivity index (χ0n) is 12.5. The summed E-state index contributed by atoms with van der Waals surface area (Å²) in [6.45, 7) is 5.10. The van der Waals surface area contributed by atoms with Crippen LogP contribution >= 0.6 is 15.9 Å². The standard InChI is InChI=1S/C18H21BrFN/c1-3-10-21-18(11-14-7-5-4-6-13(14)2)16-12-15(19)8-9-17(16)20/h4-9,12,18,21H,3,10-11H2,1-2H3. The van der Waals surface area contributed by atoms with Crippen LogP contribution in [0.2, 0.25) is 0 Å². The first-order valence-electron chi connectivity index (χ1n) is 7.34. The van der Waals surface area contributed by atoms with Crippen molar-refractivity contribution in [3.8, 4) is 0 Å². The lowest BCUT2D eigenvalue weighted by molar-refractivity contribution is 0.496. The van der Waals surface area contributed by atoms with Crippen molar-refractivity contribution in [2.75, 3.05) is 6.54 Å². The fraction of sp³-hybridized carbons (Fsp3) is 0.333. The van der Waals surface area contributed by atoms with E-state index in [1.165, 1.54) is 17.2 Å². The molecule has 3 heteroatoms. The van der Waals surface area contributed by atoms with Crippen molar-refractivity contribution < 1.29 is 4.39 Å². The van der Waals surface area contributed by atoms with E-state index in [0.29, 0.717) is 0 Å². The molecule has 0 amide bonds. The van der Waals surface area contributed by atoms with Gasteiger partial charge in [0.2, 0.25) is 0 Å². The summed E-state index contributed by atoms with van der Waals surface area (Å²) in [6, 6.07) is 13.4. The highest BCUT2D eigenvalue weighted by molar-refractivity contribution is 9.10. The zero-order valence-corrected chi connectivity index (χ0v) is 14.1. The van der Waals surface area contributed by atoms with E-state index in [9.17, 15) is 4.39 Å². The highest BCUT2D eigenvalue weighted by atomic mass is 79.9. The molecular weight excluding hydrogens is 329 g/mol. The molecule has 1 atom stereocenters. The minimum absolute atomic E-state index is 0.0106. The quantitative estimate of drug-likeness (QED) is 0.757. The van der Waals surface area contributed by atoms with Gasteiger partial charge in [-0.15, -0.1) is 0 Å². The summed E-state index contributed by atoms with van der Waals surface area (Å²) in [6.07, 6.45) is 1.82. The first kappa shape index (κ1) is 16.2. The van der Waals surface area contributed by atoms with Gasteiger partial charge in [0.05, 0.1) is 0 Å². The largest absolute Gasteiger partial charge is 0.310 e. The fourth-order valence-electron chi connectivity index (χ4n) is 2.45. The molecule has 0 aromatic heterocycles. The Labute approximate surface area is 134 Å². The van der Waals surface area contributed by atoms with Gasteiger partial charge in [0.1, 0.15) is 5.82 Å². The van der Waals surface area contributed by atoms with Crippen LogP contribution in [0.4, 0.5) is 4.39 Å². The van der Waals surface area contributed by atoms with Gasteiger partial charge in [0.15, 0.2) is 0 Å². The van der Waals surface area contributed by atoms with Gasteiger partial charge >= 0.3 is 0 Å². The molecule has 0 aliphatic carbocycles. The normalized spacial score (nSPS) is 12.4. The van der Waals surface area contributed by atoms with Gasteiger partial charge in [-0.05, 0) is 55.6 Å². The summed E-state index contributed by atoms with van der Waals surface area (Å²) in [7, 11) is 0. The summed E-state index contributed by atoms with van der Waals surface area (Å²) < 4.78 is 15.1. The van der Waals surface area contributed by atoms with Crippen molar-refractivity contribution in [1.82, 2.24) is 5.32 Å². The average Bonchev–Trinajstić information content (AvgIpc) is 2.48. The van der Waals surface area contributed by atoms with Crippen LogP contribution in [0.1, 0.15) is 36.1 Å². The molecule has 0 radical (unpaired) electrons. The fourth-order valence-corrected chi connectivity index (χ4v) is 2.83. The maximum absolute atomic E-state index is 14.2. The van der Waals surface area contributed by atoms with Crippen molar-refractivity contribution in [3.05, 3.63) is 69.4 Å². The summed E-state index contributed by atoms with van der Waals surface area (Å²) in [4.78, 5) is 0. The molecule has 0 heterocycles. The lowest BCUT2D eigenvalue weighted by Gasteiger charge is -2.21. The number of benzene rings is 2. The minimum atomic E-state index is -0.152. The topological polar surface area (TPSA) is 12.0 Å². The second-order valence-corrected chi connectivity index (χ2v) is 6.22. The Bertz CT molecular complexity index is 598. The molecular formula is C18H21BrFN. The number of hydrogen-bond acceptors (Lipinski definition) is 1. The molecule has 1 nitrogen and oxygen atoms in total. The van der Waals surface area contributed by atoms with Crippen LogP contribution in [0.5, 0.6) is 0 Å². The third-order valence-electron chi connectivity index (χ3n) is 3.66. The first-order valence-corrected chi connectivity index (χ1v) is 8.14. The van der Waals surface area contributed by atoms with E-state index in [1.54, 1.807) is 6.07 Å². The Kier molecular flexibility index (Phi) is 5.95. The van der Waals surface area contributed by atoms with Crippen molar-refractivity contribution >= 4 is 15.9 Å². The van der Waals surface area contributed by atoms with Crippen molar-refractivity contribution in [2.24, 2.45) is 0 Å². The molecule has 2 aromatic rings. The van der Waals surface area contributed by atoms with Gasteiger partial charge in [-0.2, -0.15) is 0 Å². The molecule has 2 aromatic carbocycles. The van der Waals surface area contributed by atoms with Crippen molar-refractivity contribution in [2.45, 2.75) is 32.7 Å². The number of aryl methyl sites for hydroxylation is 1. The van der Waals surface area contributed by atoms with E-state index in [4.69, 9.17) is 0 Å². The van der Waals surface area contributed by atoms with Gasteiger partial charge in [-0.1, -0.05) is 47.1 Å². The molecule has 0 saturated carbocycles. The molecule has 0 spiro atoms. The van der Waals surface area contributed by atoms with Gasteiger partial charge in [0.25, 0.3) is 0 Å². The zero-order chi connectivity index (χ0) is 15.2. The number of halogens is 2. The summed E-state index contributed by atoms with van der Waals surface area (Å²) in [5, 5.41) is 3.47. The Morgan fingerprint density at radius 3 is 2.67 bits per heavy atom. The molecule has 0 aliphatic heterocycles. The Morgan fingerprint density at radius 1 is 1.19 bits per heavy atom. The van der Waals surface area contributed by atoms with Crippen LogP contribution in [0.15, 0.2) is 46.9 Å². The highest BCUT2D eigenvalue weighted by Crippen LogP contribution is 2.25. The third kappa shape index (κ3) is 4.39. The second-order valence-electron chi connectivity index (χ2n) is 5.30. The lowest BCUT2D eigenvalue weighted by atomic mass is 9.95. The van der Waals surface area contributed by atoms with E-state index in [1.807, 2.05) is 18.2 Å². The third-order valence-corrected chi connectivity index (χ3v) is 4.15. The predicted octanol–water partition coefficient (Wildman–Crippen LogP) is 5.18. The molecule has 0 fully saturated rings. The average molecular weight is 350 g/mol. The summed E-state index contributed by atoms with van der Waals surface area (Å²) in [5.74, 6) is -0.152. The number of rotatable bonds is 6. The second kappa shape index (κ2) is 7.71. The molecule has 0 bridgehead atoms. The monoisotopic (exact) mass is 349 g/mol. The molecule has 0 aliphatic rings. The van der Waals surface area contributed by atoms with E-state index in [2.05, 4.69) is 47.2 Å².